The maximum absolute atomic E-state index is 11.6. The molecule has 3 N–H and O–H groups in total. The number of amides is 2. The van der Waals surface area contributed by atoms with E-state index in [1.54, 1.807) is 6.08 Å². The molecule has 1 aromatic rings. The molecular weight excluding hydrogens is 256 g/mol. The molecule has 1 rings (SSSR count). The van der Waals surface area contributed by atoms with Crippen molar-refractivity contribution in [3.8, 4) is 0 Å². The zero-order valence-corrected chi connectivity index (χ0v) is 11.4. The van der Waals surface area contributed by atoms with E-state index in [9.17, 15) is 9.59 Å². The molecule has 1 aromatic carbocycles. The molecule has 0 saturated heterocycles. The predicted octanol–water partition coefficient (Wildman–Crippen LogP) is 1.14. The van der Waals surface area contributed by atoms with E-state index in [1.807, 2.05) is 30.3 Å². The van der Waals surface area contributed by atoms with E-state index in [-0.39, 0.29) is 12.5 Å². The molecular formula is C15H20N2O3. The molecule has 0 aliphatic heterocycles. The predicted molar refractivity (Wildman–Crippen MR) is 76.7 cm³/mol. The second kappa shape index (κ2) is 8.87. The van der Waals surface area contributed by atoms with E-state index in [4.69, 9.17) is 10.5 Å². The van der Waals surface area contributed by atoms with Crippen LogP contribution in [0.2, 0.25) is 0 Å². The number of nitrogens with one attached hydrogen (secondary N) is 1. The van der Waals surface area contributed by atoms with Crippen molar-refractivity contribution in [1.82, 2.24) is 5.32 Å². The van der Waals surface area contributed by atoms with Crippen LogP contribution in [0.3, 0.4) is 0 Å². The molecule has 0 heterocycles. The van der Waals surface area contributed by atoms with Crippen molar-refractivity contribution in [2.24, 2.45) is 5.73 Å². The summed E-state index contributed by atoms with van der Waals surface area (Å²) in [6, 6.07) is 8.85. The number of rotatable bonds is 9. The fourth-order valence-corrected chi connectivity index (χ4v) is 1.64. The van der Waals surface area contributed by atoms with Crippen molar-refractivity contribution in [2.75, 3.05) is 6.61 Å². The van der Waals surface area contributed by atoms with Crippen LogP contribution < -0.4 is 11.1 Å². The zero-order chi connectivity index (χ0) is 14.8. The van der Waals surface area contributed by atoms with Crippen LogP contribution in [0, 0.1) is 0 Å². The summed E-state index contributed by atoms with van der Waals surface area (Å²) in [5.74, 6) is -0.906. The largest absolute Gasteiger partial charge is 0.368 e. The van der Waals surface area contributed by atoms with Gasteiger partial charge in [0.25, 0.3) is 0 Å². The van der Waals surface area contributed by atoms with Crippen LogP contribution in [0.4, 0.5) is 0 Å². The van der Waals surface area contributed by atoms with Crippen molar-refractivity contribution < 1.29 is 14.3 Å². The number of benzene rings is 1. The van der Waals surface area contributed by atoms with E-state index in [0.29, 0.717) is 19.4 Å². The molecule has 5 heteroatoms. The molecule has 0 bridgehead atoms. The molecule has 0 unspecified atom stereocenters. The maximum Gasteiger partial charge on any atom is 0.246 e. The minimum atomic E-state index is -0.680. The van der Waals surface area contributed by atoms with Crippen LogP contribution in [0.1, 0.15) is 18.4 Å². The smallest absolute Gasteiger partial charge is 0.246 e. The molecule has 0 aromatic heterocycles. The lowest BCUT2D eigenvalue weighted by atomic mass is 10.1. The topological polar surface area (TPSA) is 81.4 Å². The lowest BCUT2D eigenvalue weighted by Crippen LogP contribution is -2.45. The van der Waals surface area contributed by atoms with E-state index in [1.165, 1.54) is 0 Å². The van der Waals surface area contributed by atoms with Gasteiger partial charge in [-0.25, -0.2) is 0 Å². The Kier molecular flexibility index (Phi) is 7.06. The number of carbonyl (C=O) groups excluding carboxylic acids is 2. The van der Waals surface area contributed by atoms with Gasteiger partial charge >= 0.3 is 0 Å². The van der Waals surface area contributed by atoms with Gasteiger partial charge in [0.1, 0.15) is 12.6 Å². The van der Waals surface area contributed by atoms with Crippen LogP contribution >= 0.6 is 0 Å². The third kappa shape index (κ3) is 6.15. The summed E-state index contributed by atoms with van der Waals surface area (Å²) >= 11 is 0. The quantitative estimate of drug-likeness (QED) is 0.664. The molecule has 0 spiro atoms. The molecule has 0 radical (unpaired) electrons. The Morgan fingerprint density at radius 1 is 1.35 bits per heavy atom. The van der Waals surface area contributed by atoms with Gasteiger partial charge in [0, 0.05) is 0 Å². The fraction of sp³-hybridized carbons (Fsp3) is 0.333. The van der Waals surface area contributed by atoms with Crippen molar-refractivity contribution in [3.63, 3.8) is 0 Å². The van der Waals surface area contributed by atoms with Crippen LogP contribution in [0.15, 0.2) is 43.0 Å². The summed E-state index contributed by atoms with van der Waals surface area (Å²) in [7, 11) is 0. The minimum Gasteiger partial charge on any atom is -0.368 e. The Labute approximate surface area is 118 Å². The number of ether oxygens (including phenoxy) is 1. The Balaban J connectivity index is 2.31. The summed E-state index contributed by atoms with van der Waals surface area (Å²) in [6.07, 6.45) is 2.73. The van der Waals surface area contributed by atoms with Gasteiger partial charge in [-0.2, -0.15) is 0 Å². The van der Waals surface area contributed by atoms with Gasteiger partial charge in [0.05, 0.1) is 6.61 Å². The number of hydrogen-bond acceptors (Lipinski definition) is 3. The third-order valence-electron chi connectivity index (χ3n) is 2.68. The molecule has 0 saturated carbocycles. The first kappa shape index (κ1) is 15.9. The lowest BCUT2D eigenvalue weighted by molar-refractivity contribution is -0.130. The van der Waals surface area contributed by atoms with Gasteiger partial charge in [-0.3, -0.25) is 9.59 Å². The molecule has 108 valence electrons. The Morgan fingerprint density at radius 2 is 2.05 bits per heavy atom. The van der Waals surface area contributed by atoms with E-state index in [2.05, 4.69) is 11.9 Å². The molecule has 0 aliphatic rings. The van der Waals surface area contributed by atoms with Crippen molar-refractivity contribution in [2.45, 2.75) is 25.5 Å². The molecule has 0 aliphatic carbocycles. The number of allylic oxidation sites excluding steroid dienone is 1. The number of primary amides is 1. The maximum atomic E-state index is 11.6. The van der Waals surface area contributed by atoms with Crippen molar-refractivity contribution in [3.05, 3.63) is 48.6 Å². The number of carbonyl (C=O) groups is 2. The van der Waals surface area contributed by atoms with Crippen molar-refractivity contribution in [1.29, 1.82) is 0 Å². The fourth-order valence-electron chi connectivity index (χ4n) is 1.64. The summed E-state index contributed by atoms with van der Waals surface area (Å²) in [6.45, 7) is 3.81. The Bertz CT molecular complexity index is 446. The molecule has 1 atom stereocenters. The van der Waals surface area contributed by atoms with Gasteiger partial charge in [0.2, 0.25) is 11.8 Å². The van der Waals surface area contributed by atoms with Crippen LogP contribution in [-0.4, -0.2) is 24.5 Å². The van der Waals surface area contributed by atoms with E-state index in [0.717, 1.165) is 5.56 Å². The highest BCUT2D eigenvalue weighted by Gasteiger charge is 2.16. The van der Waals surface area contributed by atoms with Crippen molar-refractivity contribution >= 4 is 11.8 Å². The van der Waals surface area contributed by atoms with Gasteiger partial charge < -0.3 is 15.8 Å². The summed E-state index contributed by atoms with van der Waals surface area (Å²) in [5, 5.41) is 2.55. The van der Waals surface area contributed by atoms with Crippen LogP contribution in [-0.2, 0) is 20.9 Å². The number of hydrogen-bond donors (Lipinski definition) is 2. The summed E-state index contributed by atoms with van der Waals surface area (Å²) in [4.78, 5) is 22.8. The molecule has 0 fully saturated rings. The normalized spacial score (nSPS) is 11.6. The highest BCUT2D eigenvalue weighted by atomic mass is 16.5. The van der Waals surface area contributed by atoms with Crippen LogP contribution in [0.25, 0.3) is 0 Å². The van der Waals surface area contributed by atoms with Gasteiger partial charge in [0.15, 0.2) is 0 Å². The SMILES string of the molecule is C=CCC[C@H](NC(=O)COCc1ccccc1)C(N)=O. The molecule has 5 nitrogen and oxygen atoms in total. The molecule has 2 amide bonds. The lowest BCUT2D eigenvalue weighted by Gasteiger charge is -2.14. The van der Waals surface area contributed by atoms with Gasteiger partial charge in [-0.1, -0.05) is 36.4 Å². The second-order valence-corrected chi connectivity index (χ2v) is 4.37. The monoisotopic (exact) mass is 276 g/mol. The zero-order valence-electron chi connectivity index (χ0n) is 11.4. The number of nitrogens with two attached hydrogens (primary N) is 1. The van der Waals surface area contributed by atoms with E-state index >= 15 is 0 Å². The van der Waals surface area contributed by atoms with Gasteiger partial charge in [-0.05, 0) is 18.4 Å². The standard InChI is InChI=1S/C15H20N2O3/c1-2-3-9-13(15(16)19)17-14(18)11-20-10-12-7-5-4-6-8-12/h2,4-8,13H,1,3,9-11H2,(H2,16,19)(H,17,18)/t13-/m0/s1. The highest BCUT2D eigenvalue weighted by molar-refractivity contribution is 5.86. The third-order valence-corrected chi connectivity index (χ3v) is 2.68. The Morgan fingerprint density at radius 3 is 2.65 bits per heavy atom. The van der Waals surface area contributed by atoms with E-state index < -0.39 is 11.9 Å². The van der Waals surface area contributed by atoms with Crippen LogP contribution in [0.5, 0.6) is 0 Å². The second-order valence-electron chi connectivity index (χ2n) is 4.37. The first-order valence-corrected chi connectivity index (χ1v) is 6.44. The highest BCUT2D eigenvalue weighted by Crippen LogP contribution is 2.01. The Hall–Kier alpha value is -2.14. The summed E-state index contributed by atoms with van der Waals surface area (Å²) < 4.78 is 5.28. The molecule has 20 heavy (non-hydrogen) atoms. The first-order valence-electron chi connectivity index (χ1n) is 6.44. The first-order chi connectivity index (χ1) is 9.63. The van der Waals surface area contributed by atoms with Gasteiger partial charge in [-0.15, -0.1) is 6.58 Å². The average Bonchev–Trinajstić information content (AvgIpc) is 2.44. The minimum absolute atomic E-state index is 0.104. The summed E-state index contributed by atoms with van der Waals surface area (Å²) in [5.41, 5.74) is 6.20. The average molecular weight is 276 g/mol.